The first kappa shape index (κ1) is 22.4. The molecule has 0 saturated heterocycles. The van der Waals surface area contributed by atoms with Gasteiger partial charge in [0.15, 0.2) is 5.78 Å². The minimum atomic E-state index is -1.68. The van der Waals surface area contributed by atoms with Crippen LogP contribution in [0.15, 0.2) is 75.7 Å². The first-order chi connectivity index (χ1) is 16.1. The van der Waals surface area contributed by atoms with Gasteiger partial charge < -0.3 is 15.8 Å². The van der Waals surface area contributed by atoms with Crippen molar-refractivity contribution < 1.29 is 19.1 Å². The average Bonchev–Trinajstić information content (AvgIpc) is 3.05. The molecule has 2 heterocycles. The molecule has 7 nitrogen and oxygen atoms in total. The smallest absolute Gasteiger partial charge is 0.339 e. The zero-order valence-corrected chi connectivity index (χ0v) is 20.7. The molecule has 0 saturated carbocycles. The maximum absolute atomic E-state index is 13.9. The van der Waals surface area contributed by atoms with Crippen LogP contribution in [0.5, 0.6) is 0 Å². The summed E-state index contributed by atoms with van der Waals surface area (Å²) in [7, 11) is 1.24. The highest BCUT2D eigenvalue weighted by atomic mass is 79.9. The lowest BCUT2D eigenvalue weighted by molar-refractivity contribution is -0.138. The third-order valence-corrected chi connectivity index (χ3v) is 7.29. The van der Waals surface area contributed by atoms with Gasteiger partial charge in [-0.2, -0.15) is 0 Å². The summed E-state index contributed by atoms with van der Waals surface area (Å²) >= 11 is 3.45. The molecule has 5 rings (SSSR count). The van der Waals surface area contributed by atoms with Crippen LogP contribution in [0.1, 0.15) is 32.3 Å². The van der Waals surface area contributed by atoms with Crippen LogP contribution in [0.2, 0.25) is 0 Å². The average molecular weight is 522 g/mol. The van der Waals surface area contributed by atoms with Crippen molar-refractivity contribution in [3.05, 3.63) is 81.2 Å². The second-order valence-electron chi connectivity index (χ2n) is 9.58. The van der Waals surface area contributed by atoms with Gasteiger partial charge in [-0.1, -0.05) is 48.0 Å². The molecule has 0 radical (unpaired) electrons. The Morgan fingerprint density at radius 3 is 2.44 bits per heavy atom. The molecule has 1 unspecified atom stereocenters. The number of hydrogen-bond acceptors (Lipinski definition) is 6. The molecular weight excluding hydrogens is 498 g/mol. The molecule has 0 bridgehead atoms. The number of anilines is 2. The molecule has 2 aromatic carbocycles. The molecule has 8 heteroatoms. The highest BCUT2D eigenvalue weighted by Gasteiger charge is 2.62. The lowest BCUT2D eigenvalue weighted by Crippen LogP contribution is -2.54. The first-order valence-corrected chi connectivity index (χ1v) is 11.7. The van der Waals surface area contributed by atoms with Crippen molar-refractivity contribution in [2.24, 2.45) is 11.1 Å². The molecule has 2 aliphatic heterocycles. The molecule has 174 valence electrons. The van der Waals surface area contributed by atoms with Crippen LogP contribution in [0.25, 0.3) is 0 Å². The molecule has 1 spiro atoms. The molecule has 0 fully saturated rings. The number of benzene rings is 2. The number of allylic oxidation sites excluding steroid dienone is 1. The van der Waals surface area contributed by atoms with E-state index in [1.807, 2.05) is 38.1 Å². The maximum atomic E-state index is 13.9. The van der Waals surface area contributed by atoms with Crippen molar-refractivity contribution in [2.75, 3.05) is 17.3 Å². The summed E-state index contributed by atoms with van der Waals surface area (Å²) in [6, 6.07) is 14.5. The number of halogens is 1. The molecule has 3 N–H and O–H groups in total. The number of amides is 1. The van der Waals surface area contributed by atoms with E-state index in [0.29, 0.717) is 29.1 Å². The van der Waals surface area contributed by atoms with Gasteiger partial charge in [-0.25, -0.2) is 4.79 Å². The van der Waals surface area contributed by atoms with Crippen molar-refractivity contribution in [2.45, 2.75) is 32.1 Å². The highest BCUT2D eigenvalue weighted by Crippen LogP contribution is 2.57. The number of ketones is 1. The van der Waals surface area contributed by atoms with E-state index in [-0.39, 0.29) is 34.6 Å². The summed E-state index contributed by atoms with van der Waals surface area (Å²) in [5.41, 5.74) is 7.33. The van der Waals surface area contributed by atoms with Gasteiger partial charge in [-0.15, -0.1) is 0 Å². The number of fused-ring (bicyclic) bond motifs is 3. The fourth-order valence-corrected chi connectivity index (χ4v) is 5.74. The minimum absolute atomic E-state index is 0.0489. The Hall–Kier alpha value is -3.39. The Bertz CT molecular complexity index is 1330. The lowest BCUT2D eigenvalue weighted by Gasteiger charge is -2.47. The topological polar surface area (TPSA) is 102 Å². The van der Waals surface area contributed by atoms with Crippen molar-refractivity contribution in [3.63, 3.8) is 0 Å². The largest absolute Gasteiger partial charge is 0.466 e. The van der Waals surface area contributed by atoms with Crippen molar-refractivity contribution in [1.82, 2.24) is 0 Å². The zero-order valence-electron chi connectivity index (χ0n) is 19.1. The van der Waals surface area contributed by atoms with E-state index in [2.05, 4.69) is 21.2 Å². The van der Waals surface area contributed by atoms with Crippen molar-refractivity contribution >= 4 is 45.0 Å². The van der Waals surface area contributed by atoms with Gasteiger partial charge in [0.05, 0.1) is 7.11 Å². The Morgan fingerprint density at radius 1 is 1.09 bits per heavy atom. The third kappa shape index (κ3) is 2.98. The second kappa shape index (κ2) is 7.56. The molecular formula is C26H24BrN3O4. The number of ether oxygens (including phenoxy) is 1. The van der Waals surface area contributed by atoms with E-state index in [1.54, 1.807) is 29.2 Å². The highest BCUT2D eigenvalue weighted by molar-refractivity contribution is 9.10. The Labute approximate surface area is 205 Å². The number of esters is 1. The van der Waals surface area contributed by atoms with Gasteiger partial charge in [-0.05, 0) is 42.2 Å². The van der Waals surface area contributed by atoms with E-state index in [9.17, 15) is 14.4 Å². The third-order valence-electron chi connectivity index (χ3n) is 6.76. The molecule has 3 aliphatic rings. The summed E-state index contributed by atoms with van der Waals surface area (Å²) in [6.45, 7) is 4.03. The summed E-state index contributed by atoms with van der Waals surface area (Å²) < 4.78 is 6.02. The summed E-state index contributed by atoms with van der Waals surface area (Å²) in [6.07, 6.45) is 0.738. The Balaban J connectivity index is 1.92. The quantitative estimate of drug-likeness (QED) is 0.575. The van der Waals surface area contributed by atoms with E-state index >= 15 is 0 Å². The first-order valence-electron chi connectivity index (χ1n) is 10.9. The number of methoxy groups -OCH3 is 1. The number of carbonyl (C=O) groups excluding carboxylic acids is 3. The van der Waals surface area contributed by atoms with Crippen LogP contribution in [-0.4, -0.2) is 24.8 Å². The SMILES string of the molecule is COC(=O)C1=C(N)N(c2ccc(Br)cc2)C2=C(C(=O)CC(C)(C)C2)C12C(=O)Nc1ccccc12. The standard InChI is InChI=1S/C26H24BrN3O4/c1-25(2)12-18-20(19(31)13-25)26(16-6-4-5-7-17(16)29-24(26)33)21(23(32)34-3)22(28)30(18)15-10-8-14(27)9-11-15/h4-11H,12-13,28H2,1-3H3,(H,29,33). The lowest BCUT2D eigenvalue weighted by atomic mass is 9.60. The second-order valence-corrected chi connectivity index (χ2v) is 10.5. The summed E-state index contributed by atoms with van der Waals surface area (Å²) in [4.78, 5) is 42.7. The van der Waals surface area contributed by atoms with Crippen molar-refractivity contribution in [1.29, 1.82) is 0 Å². The van der Waals surface area contributed by atoms with E-state index < -0.39 is 17.3 Å². The number of para-hydroxylation sites is 1. The fourth-order valence-electron chi connectivity index (χ4n) is 5.48. The number of Topliss-reactive ketones (excluding diaryl/α,β-unsaturated/α-hetero) is 1. The number of nitrogens with zero attached hydrogens (tertiary/aromatic N) is 1. The van der Waals surface area contributed by atoms with E-state index in [0.717, 1.165) is 4.47 Å². The number of rotatable bonds is 2. The summed E-state index contributed by atoms with van der Waals surface area (Å²) in [5.74, 6) is -1.34. The molecule has 1 atom stereocenters. The molecule has 2 aromatic rings. The van der Waals surface area contributed by atoms with E-state index in [4.69, 9.17) is 10.5 Å². The van der Waals surface area contributed by atoms with Crippen molar-refractivity contribution in [3.8, 4) is 0 Å². The number of nitrogens with two attached hydrogens (primary N) is 1. The van der Waals surface area contributed by atoms with Crippen LogP contribution < -0.4 is 16.0 Å². The van der Waals surface area contributed by atoms with Gasteiger partial charge in [0.25, 0.3) is 0 Å². The number of carbonyl (C=O) groups is 3. The Morgan fingerprint density at radius 2 is 1.76 bits per heavy atom. The van der Waals surface area contributed by atoms with Gasteiger partial charge in [0.2, 0.25) is 5.91 Å². The monoisotopic (exact) mass is 521 g/mol. The van der Waals surface area contributed by atoms with Crippen LogP contribution >= 0.6 is 15.9 Å². The molecule has 34 heavy (non-hydrogen) atoms. The molecule has 1 amide bonds. The van der Waals surface area contributed by atoms with Crippen LogP contribution in [-0.2, 0) is 24.5 Å². The zero-order chi connectivity index (χ0) is 24.4. The maximum Gasteiger partial charge on any atom is 0.339 e. The minimum Gasteiger partial charge on any atom is -0.466 e. The number of nitrogens with one attached hydrogen (secondary N) is 1. The normalized spacial score (nSPS) is 23.1. The van der Waals surface area contributed by atoms with E-state index in [1.165, 1.54) is 7.11 Å². The predicted octanol–water partition coefficient (Wildman–Crippen LogP) is 4.15. The number of hydrogen-bond donors (Lipinski definition) is 2. The fraction of sp³-hybridized carbons (Fsp3) is 0.269. The van der Waals surface area contributed by atoms with Gasteiger partial charge in [0, 0.05) is 39.1 Å². The summed E-state index contributed by atoms with van der Waals surface area (Å²) in [5, 5.41) is 2.88. The Kier molecular flexibility index (Phi) is 4.98. The van der Waals surface area contributed by atoms with Gasteiger partial charge in [0.1, 0.15) is 16.8 Å². The molecule has 0 aromatic heterocycles. The van der Waals surface area contributed by atoms with Gasteiger partial charge >= 0.3 is 5.97 Å². The van der Waals surface area contributed by atoms with Crippen LogP contribution in [0.3, 0.4) is 0 Å². The van der Waals surface area contributed by atoms with Gasteiger partial charge in [-0.3, -0.25) is 14.5 Å². The van der Waals surface area contributed by atoms with Crippen LogP contribution in [0.4, 0.5) is 11.4 Å². The van der Waals surface area contributed by atoms with Crippen LogP contribution in [0, 0.1) is 5.41 Å². The predicted molar refractivity (Wildman–Crippen MR) is 132 cm³/mol. The molecule has 1 aliphatic carbocycles.